The normalized spacial score (nSPS) is 21.7. The second-order valence-electron chi connectivity index (χ2n) is 8.80. The number of benzene rings is 2. The molecule has 1 aliphatic carbocycles. The van der Waals surface area contributed by atoms with Crippen LogP contribution in [0.2, 0.25) is 0 Å². The van der Waals surface area contributed by atoms with Gasteiger partial charge in [-0.3, -0.25) is 9.59 Å². The van der Waals surface area contributed by atoms with Crippen LogP contribution in [0.15, 0.2) is 42.5 Å². The SMILES string of the molecule is C[C@@H]1CC[C@H](C(=O)N[C@@H](c2ccc(C(F)(F)F)cc2F)C2CC2)N1C(=O)c1ccccc1N. The molecule has 1 heterocycles. The monoisotopic (exact) mass is 463 g/mol. The van der Waals surface area contributed by atoms with E-state index in [0.29, 0.717) is 30.2 Å². The number of alkyl halides is 3. The van der Waals surface area contributed by atoms with E-state index in [1.807, 2.05) is 6.92 Å². The lowest BCUT2D eigenvalue weighted by Gasteiger charge is -2.30. The van der Waals surface area contributed by atoms with Crippen molar-refractivity contribution in [3.05, 3.63) is 65.0 Å². The Balaban J connectivity index is 1.56. The van der Waals surface area contributed by atoms with Crippen molar-refractivity contribution in [3.8, 4) is 0 Å². The first-order chi connectivity index (χ1) is 15.6. The minimum atomic E-state index is -4.65. The summed E-state index contributed by atoms with van der Waals surface area (Å²) in [6.07, 6.45) is -2.15. The molecule has 5 nitrogen and oxygen atoms in total. The van der Waals surface area contributed by atoms with Crippen LogP contribution in [0.3, 0.4) is 0 Å². The number of nitrogens with one attached hydrogen (secondary N) is 1. The summed E-state index contributed by atoms with van der Waals surface area (Å²) < 4.78 is 53.4. The average Bonchev–Trinajstić information content (AvgIpc) is 3.52. The van der Waals surface area contributed by atoms with Gasteiger partial charge >= 0.3 is 6.18 Å². The molecule has 0 unspecified atom stereocenters. The number of hydrogen-bond donors (Lipinski definition) is 2. The van der Waals surface area contributed by atoms with Gasteiger partial charge in [-0.1, -0.05) is 18.2 Å². The van der Waals surface area contributed by atoms with Gasteiger partial charge in [0.1, 0.15) is 11.9 Å². The number of carbonyl (C=O) groups is 2. The van der Waals surface area contributed by atoms with Gasteiger partial charge in [-0.05, 0) is 62.8 Å². The Bertz CT molecular complexity index is 1070. The number of anilines is 1. The summed E-state index contributed by atoms with van der Waals surface area (Å²) in [6, 6.07) is 7.26. The standard InChI is InChI=1S/C24H25F4N3O2/c1-13-6-11-20(31(13)23(33)17-4-2-3-5-19(17)29)22(32)30-21(14-7-8-14)16-10-9-15(12-18(16)25)24(26,27)28/h2-5,9-10,12-14,20-21H,6-8,11,29H2,1H3,(H,30,32)/t13-,20-,21-/m1/s1. The van der Waals surface area contributed by atoms with Crippen molar-refractivity contribution >= 4 is 17.5 Å². The predicted molar refractivity (Wildman–Crippen MR) is 115 cm³/mol. The summed E-state index contributed by atoms with van der Waals surface area (Å²) in [4.78, 5) is 27.9. The lowest BCUT2D eigenvalue weighted by molar-refractivity contribution is -0.137. The molecule has 0 aromatic heterocycles. The highest BCUT2D eigenvalue weighted by Gasteiger charge is 2.43. The molecule has 4 rings (SSSR count). The van der Waals surface area contributed by atoms with E-state index in [0.717, 1.165) is 25.0 Å². The lowest BCUT2D eigenvalue weighted by Crippen LogP contribution is -2.49. The zero-order chi connectivity index (χ0) is 23.9. The Hall–Kier alpha value is -3.10. The maximum Gasteiger partial charge on any atom is 0.416 e. The molecule has 0 radical (unpaired) electrons. The quantitative estimate of drug-likeness (QED) is 0.499. The van der Waals surface area contributed by atoms with Crippen LogP contribution < -0.4 is 11.1 Å². The summed E-state index contributed by atoms with van der Waals surface area (Å²) in [5.41, 5.74) is 5.51. The Labute approximate surface area is 188 Å². The molecular weight excluding hydrogens is 438 g/mol. The molecule has 1 saturated heterocycles. The Morgan fingerprint density at radius 3 is 2.39 bits per heavy atom. The molecule has 176 valence electrons. The van der Waals surface area contributed by atoms with Crippen molar-refractivity contribution in [1.82, 2.24) is 10.2 Å². The van der Waals surface area contributed by atoms with Gasteiger partial charge in [0.2, 0.25) is 5.91 Å². The molecule has 0 spiro atoms. The van der Waals surface area contributed by atoms with Crippen molar-refractivity contribution < 1.29 is 27.2 Å². The van der Waals surface area contributed by atoms with Crippen molar-refractivity contribution in [2.45, 2.75) is 56.9 Å². The molecule has 0 bridgehead atoms. The van der Waals surface area contributed by atoms with Crippen molar-refractivity contribution in [2.24, 2.45) is 5.92 Å². The number of nitrogens with two attached hydrogens (primary N) is 1. The molecule has 2 aliphatic rings. The van der Waals surface area contributed by atoms with E-state index in [-0.39, 0.29) is 23.4 Å². The first-order valence-electron chi connectivity index (χ1n) is 10.9. The molecule has 2 fully saturated rings. The molecule has 3 atom stereocenters. The Morgan fingerprint density at radius 2 is 1.79 bits per heavy atom. The van der Waals surface area contributed by atoms with Gasteiger partial charge in [-0.2, -0.15) is 13.2 Å². The van der Waals surface area contributed by atoms with Crippen LogP contribution in [0.4, 0.5) is 23.2 Å². The molecule has 2 aromatic carbocycles. The first-order valence-corrected chi connectivity index (χ1v) is 10.9. The Morgan fingerprint density at radius 1 is 1.09 bits per heavy atom. The van der Waals surface area contributed by atoms with Crippen LogP contribution in [0.25, 0.3) is 0 Å². The molecule has 1 aliphatic heterocycles. The van der Waals surface area contributed by atoms with E-state index in [1.165, 1.54) is 4.90 Å². The number of likely N-dealkylation sites (tertiary alicyclic amines) is 1. The number of hydrogen-bond acceptors (Lipinski definition) is 3. The first kappa shape index (κ1) is 23.1. The van der Waals surface area contributed by atoms with Crippen LogP contribution in [-0.2, 0) is 11.0 Å². The van der Waals surface area contributed by atoms with E-state index in [2.05, 4.69) is 5.32 Å². The highest BCUT2D eigenvalue weighted by Crippen LogP contribution is 2.43. The maximum absolute atomic E-state index is 14.6. The number of nitrogens with zero attached hydrogens (tertiary/aromatic N) is 1. The highest BCUT2D eigenvalue weighted by atomic mass is 19.4. The summed E-state index contributed by atoms with van der Waals surface area (Å²) >= 11 is 0. The van der Waals surface area contributed by atoms with E-state index < -0.39 is 35.5 Å². The van der Waals surface area contributed by atoms with E-state index in [1.54, 1.807) is 24.3 Å². The zero-order valence-electron chi connectivity index (χ0n) is 18.0. The third-order valence-electron chi connectivity index (χ3n) is 6.45. The van der Waals surface area contributed by atoms with Crippen molar-refractivity contribution in [1.29, 1.82) is 0 Å². The largest absolute Gasteiger partial charge is 0.416 e. The van der Waals surface area contributed by atoms with Gasteiger partial charge in [0.05, 0.1) is 17.2 Å². The minimum Gasteiger partial charge on any atom is -0.398 e. The molecule has 2 aromatic rings. The van der Waals surface area contributed by atoms with Crippen LogP contribution in [0.5, 0.6) is 0 Å². The van der Waals surface area contributed by atoms with Gasteiger partial charge in [-0.15, -0.1) is 0 Å². The number of nitrogen functional groups attached to an aromatic ring is 1. The molecule has 3 N–H and O–H groups in total. The van der Waals surface area contributed by atoms with Gasteiger partial charge in [-0.25, -0.2) is 4.39 Å². The molecule has 1 saturated carbocycles. The van der Waals surface area contributed by atoms with Gasteiger partial charge in [0.25, 0.3) is 5.91 Å². The summed E-state index contributed by atoms with van der Waals surface area (Å²) in [6.45, 7) is 1.85. The minimum absolute atomic E-state index is 0.0232. The van der Waals surface area contributed by atoms with Crippen LogP contribution in [-0.4, -0.2) is 28.8 Å². The fourth-order valence-electron chi connectivity index (χ4n) is 4.50. The fourth-order valence-corrected chi connectivity index (χ4v) is 4.50. The van der Waals surface area contributed by atoms with Crippen LogP contribution in [0.1, 0.15) is 60.1 Å². The third-order valence-corrected chi connectivity index (χ3v) is 6.45. The molecule has 33 heavy (non-hydrogen) atoms. The second-order valence-corrected chi connectivity index (χ2v) is 8.80. The smallest absolute Gasteiger partial charge is 0.398 e. The third kappa shape index (κ3) is 4.67. The van der Waals surface area contributed by atoms with Gasteiger partial charge in [0.15, 0.2) is 0 Å². The zero-order valence-corrected chi connectivity index (χ0v) is 18.0. The van der Waals surface area contributed by atoms with Crippen molar-refractivity contribution in [2.75, 3.05) is 5.73 Å². The number of carbonyl (C=O) groups excluding carboxylic acids is 2. The number of amides is 2. The summed E-state index contributed by atoms with van der Waals surface area (Å²) in [5.74, 6) is -1.87. The predicted octanol–water partition coefficient (Wildman–Crippen LogP) is 4.69. The fraction of sp³-hybridized carbons (Fsp3) is 0.417. The summed E-state index contributed by atoms with van der Waals surface area (Å²) in [5, 5.41) is 2.82. The second kappa shape index (κ2) is 8.68. The molecule has 2 amide bonds. The Kier molecular flexibility index (Phi) is 6.07. The maximum atomic E-state index is 14.6. The molecule has 9 heteroatoms. The number of halogens is 4. The highest BCUT2D eigenvalue weighted by molar-refractivity contribution is 6.02. The van der Waals surface area contributed by atoms with Gasteiger partial charge in [0, 0.05) is 17.3 Å². The topological polar surface area (TPSA) is 75.4 Å². The average molecular weight is 463 g/mol. The van der Waals surface area contributed by atoms with E-state index in [9.17, 15) is 27.2 Å². The van der Waals surface area contributed by atoms with Crippen LogP contribution in [0, 0.1) is 11.7 Å². The lowest BCUT2D eigenvalue weighted by atomic mass is 9.99. The number of para-hydroxylation sites is 1. The van der Waals surface area contributed by atoms with Crippen LogP contribution >= 0.6 is 0 Å². The van der Waals surface area contributed by atoms with Crippen molar-refractivity contribution in [3.63, 3.8) is 0 Å². The van der Waals surface area contributed by atoms with Gasteiger partial charge < -0.3 is 16.0 Å². The number of rotatable bonds is 5. The van der Waals surface area contributed by atoms with E-state index >= 15 is 0 Å². The molecular formula is C24H25F4N3O2. The van der Waals surface area contributed by atoms with E-state index in [4.69, 9.17) is 5.73 Å². The summed E-state index contributed by atoms with van der Waals surface area (Å²) in [7, 11) is 0.